The number of carbonyl (C=O) groups is 1. The Kier molecular flexibility index (Phi) is 5.45. The van der Waals surface area contributed by atoms with Gasteiger partial charge in [-0.1, -0.05) is 72.8 Å². The lowest BCUT2D eigenvalue weighted by molar-refractivity contribution is -0.122. The molecule has 2 aliphatic rings. The highest BCUT2D eigenvalue weighted by atomic mass is 32.2. The van der Waals surface area contributed by atoms with Crippen molar-refractivity contribution in [1.82, 2.24) is 4.31 Å². The van der Waals surface area contributed by atoms with Crippen molar-refractivity contribution >= 4 is 21.6 Å². The second kappa shape index (κ2) is 8.41. The van der Waals surface area contributed by atoms with Crippen molar-refractivity contribution < 1.29 is 17.9 Å². The van der Waals surface area contributed by atoms with Crippen molar-refractivity contribution in [2.45, 2.75) is 30.9 Å². The Hall–Kier alpha value is -3.16. The molecule has 32 heavy (non-hydrogen) atoms. The second-order valence-electron chi connectivity index (χ2n) is 8.18. The highest BCUT2D eigenvalue weighted by Gasteiger charge is 2.47. The van der Waals surface area contributed by atoms with Gasteiger partial charge in [0.15, 0.2) is 0 Å². The standard InChI is InChI=1S/C25H24N2O4S/c28-25-23-15-21(17-27(23)32(29,30)18-20-11-5-2-6-12-20)31-24-14-8-7-13-22(24)26(25)16-19-9-3-1-4-10-19/h1-14,21,23H,15-18H2/t21-,23-/m0/s1. The van der Waals surface area contributed by atoms with Gasteiger partial charge in [-0.05, 0) is 23.3 Å². The molecule has 2 aliphatic heterocycles. The van der Waals surface area contributed by atoms with Crippen LogP contribution in [0.15, 0.2) is 84.9 Å². The number of ether oxygens (including phenoxy) is 1. The quantitative estimate of drug-likeness (QED) is 0.598. The fraction of sp³-hybridized carbons (Fsp3) is 0.240. The highest BCUT2D eigenvalue weighted by Crippen LogP contribution is 2.38. The monoisotopic (exact) mass is 448 g/mol. The molecular formula is C25H24N2O4S. The van der Waals surface area contributed by atoms with Crippen LogP contribution in [0.5, 0.6) is 5.75 Å². The lowest BCUT2D eigenvalue weighted by Gasteiger charge is -2.31. The van der Waals surface area contributed by atoms with Crippen LogP contribution in [0, 0.1) is 0 Å². The molecule has 0 saturated carbocycles. The molecular weight excluding hydrogens is 424 g/mol. The largest absolute Gasteiger partial charge is 0.487 e. The maximum absolute atomic E-state index is 13.8. The molecule has 2 atom stereocenters. The molecule has 7 heteroatoms. The zero-order chi connectivity index (χ0) is 22.1. The Morgan fingerprint density at radius 1 is 0.844 bits per heavy atom. The van der Waals surface area contributed by atoms with Gasteiger partial charge in [-0.3, -0.25) is 4.79 Å². The summed E-state index contributed by atoms with van der Waals surface area (Å²) in [7, 11) is -3.71. The number of anilines is 1. The summed E-state index contributed by atoms with van der Waals surface area (Å²) in [4.78, 5) is 15.5. The smallest absolute Gasteiger partial charge is 0.246 e. The predicted molar refractivity (Wildman–Crippen MR) is 123 cm³/mol. The Morgan fingerprint density at radius 3 is 2.19 bits per heavy atom. The first-order valence-corrected chi connectivity index (χ1v) is 12.3. The summed E-state index contributed by atoms with van der Waals surface area (Å²) in [6, 6.07) is 25.4. The SMILES string of the molecule is O=C1[C@@H]2C[C@@H](CN2S(=O)(=O)Cc2ccccc2)Oc2ccccc2N1Cc1ccccc1. The summed E-state index contributed by atoms with van der Waals surface area (Å²) in [6.07, 6.45) is -0.0264. The second-order valence-corrected chi connectivity index (χ2v) is 10.1. The maximum atomic E-state index is 13.8. The van der Waals surface area contributed by atoms with E-state index in [9.17, 15) is 13.2 Å². The lowest BCUT2D eigenvalue weighted by atomic mass is 10.1. The van der Waals surface area contributed by atoms with E-state index < -0.39 is 16.1 Å². The number of nitrogens with zero attached hydrogens (tertiary/aromatic N) is 2. The number of amides is 1. The topological polar surface area (TPSA) is 66.9 Å². The third kappa shape index (κ3) is 4.01. The van der Waals surface area contributed by atoms with Crippen LogP contribution in [-0.2, 0) is 27.1 Å². The number of sulfonamides is 1. The van der Waals surface area contributed by atoms with Crippen LogP contribution in [0.2, 0.25) is 0 Å². The van der Waals surface area contributed by atoms with Gasteiger partial charge >= 0.3 is 0 Å². The number of hydrogen-bond acceptors (Lipinski definition) is 4. The zero-order valence-electron chi connectivity index (χ0n) is 17.5. The van der Waals surface area contributed by atoms with Crippen molar-refractivity contribution in [3.05, 3.63) is 96.1 Å². The molecule has 5 rings (SSSR count). The van der Waals surface area contributed by atoms with Crippen LogP contribution in [0.4, 0.5) is 5.69 Å². The van der Waals surface area contributed by atoms with Crippen molar-refractivity contribution in [3.8, 4) is 5.75 Å². The Bertz CT molecular complexity index is 1210. The third-order valence-electron chi connectivity index (χ3n) is 5.95. The molecule has 0 unspecified atom stereocenters. The molecule has 1 saturated heterocycles. The average Bonchev–Trinajstić information content (AvgIpc) is 3.24. The van der Waals surface area contributed by atoms with E-state index in [0.29, 0.717) is 30.0 Å². The minimum atomic E-state index is -3.71. The maximum Gasteiger partial charge on any atom is 0.246 e. The van der Waals surface area contributed by atoms with E-state index in [-0.39, 0.29) is 24.3 Å². The fourth-order valence-electron chi connectivity index (χ4n) is 4.44. The van der Waals surface area contributed by atoms with Gasteiger partial charge in [-0.2, -0.15) is 4.31 Å². The van der Waals surface area contributed by atoms with E-state index in [0.717, 1.165) is 5.56 Å². The van der Waals surface area contributed by atoms with E-state index in [1.807, 2.05) is 72.8 Å². The molecule has 164 valence electrons. The van der Waals surface area contributed by atoms with Gasteiger partial charge in [0.25, 0.3) is 0 Å². The van der Waals surface area contributed by atoms with Crippen LogP contribution >= 0.6 is 0 Å². The minimum Gasteiger partial charge on any atom is -0.487 e. The average molecular weight is 449 g/mol. The van der Waals surface area contributed by atoms with E-state index in [4.69, 9.17) is 4.74 Å². The van der Waals surface area contributed by atoms with Gasteiger partial charge in [0, 0.05) is 6.42 Å². The molecule has 0 aliphatic carbocycles. The molecule has 0 aromatic heterocycles. The van der Waals surface area contributed by atoms with E-state index in [1.165, 1.54) is 4.31 Å². The molecule has 2 heterocycles. The fourth-order valence-corrected chi connectivity index (χ4v) is 6.18. The molecule has 0 spiro atoms. The highest BCUT2D eigenvalue weighted by molar-refractivity contribution is 7.88. The van der Waals surface area contributed by atoms with Gasteiger partial charge in [-0.25, -0.2) is 8.42 Å². The predicted octanol–water partition coefficient (Wildman–Crippen LogP) is 3.59. The molecule has 3 aromatic carbocycles. The molecule has 2 bridgehead atoms. The van der Waals surface area contributed by atoms with Gasteiger partial charge < -0.3 is 9.64 Å². The summed E-state index contributed by atoms with van der Waals surface area (Å²) in [5.74, 6) is 0.238. The van der Waals surface area contributed by atoms with Crippen LogP contribution in [-0.4, -0.2) is 37.3 Å². The molecule has 6 nitrogen and oxygen atoms in total. The van der Waals surface area contributed by atoms with Crippen molar-refractivity contribution in [1.29, 1.82) is 0 Å². The summed E-state index contributed by atoms with van der Waals surface area (Å²) >= 11 is 0. The van der Waals surface area contributed by atoms with Gasteiger partial charge in [-0.15, -0.1) is 0 Å². The number of benzene rings is 3. The van der Waals surface area contributed by atoms with E-state index >= 15 is 0 Å². The van der Waals surface area contributed by atoms with Crippen molar-refractivity contribution in [2.24, 2.45) is 0 Å². The van der Waals surface area contributed by atoms with Crippen LogP contribution in [0.25, 0.3) is 0 Å². The molecule has 1 fully saturated rings. The first-order valence-electron chi connectivity index (χ1n) is 10.7. The summed E-state index contributed by atoms with van der Waals surface area (Å²) < 4.78 is 34.3. The van der Waals surface area contributed by atoms with Gasteiger partial charge in [0.2, 0.25) is 15.9 Å². The number of para-hydroxylation sites is 2. The van der Waals surface area contributed by atoms with E-state index in [1.54, 1.807) is 17.0 Å². The van der Waals surface area contributed by atoms with Crippen LogP contribution in [0.3, 0.4) is 0 Å². The summed E-state index contributed by atoms with van der Waals surface area (Å²) in [6.45, 7) is 0.507. The van der Waals surface area contributed by atoms with Crippen molar-refractivity contribution in [2.75, 3.05) is 11.4 Å². The van der Waals surface area contributed by atoms with Crippen LogP contribution < -0.4 is 9.64 Å². The molecule has 0 radical (unpaired) electrons. The summed E-state index contributed by atoms with van der Waals surface area (Å²) in [5.41, 5.74) is 2.32. The number of carbonyl (C=O) groups excluding carboxylic acids is 1. The Labute approximate surface area is 188 Å². The summed E-state index contributed by atoms with van der Waals surface area (Å²) in [5, 5.41) is 0. The third-order valence-corrected chi connectivity index (χ3v) is 7.77. The van der Waals surface area contributed by atoms with Gasteiger partial charge in [0.05, 0.1) is 24.5 Å². The minimum absolute atomic E-state index is 0.143. The molecule has 0 N–H and O–H groups in total. The van der Waals surface area contributed by atoms with Gasteiger partial charge in [0.1, 0.15) is 17.9 Å². The lowest BCUT2D eigenvalue weighted by Crippen LogP contribution is -2.48. The zero-order valence-corrected chi connectivity index (χ0v) is 18.3. The van der Waals surface area contributed by atoms with Crippen LogP contribution in [0.1, 0.15) is 17.5 Å². The first kappa shape index (κ1) is 20.7. The molecule has 3 aromatic rings. The Balaban J connectivity index is 1.51. The van der Waals surface area contributed by atoms with Crippen molar-refractivity contribution in [3.63, 3.8) is 0 Å². The first-order chi connectivity index (χ1) is 15.5. The normalized spacial score (nSPS) is 20.9. The number of fused-ring (bicyclic) bond motifs is 3. The number of hydrogen-bond donors (Lipinski definition) is 0. The number of rotatable bonds is 5. The van der Waals surface area contributed by atoms with E-state index in [2.05, 4.69) is 0 Å². The molecule has 1 amide bonds. The Morgan fingerprint density at radius 2 is 1.47 bits per heavy atom.